The molecule has 0 unspecified atom stereocenters. The second kappa shape index (κ2) is 4.47. The fraction of sp³-hybridized carbons (Fsp3) is 0. The fourth-order valence-corrected chi connectivity index (χ4v) is 3.11. The fourth-order valence-electron chi connectivity index (χ4n) is 1.31. The first-order valence-electron chi connectivity index (χ1n) is 4.20. The van der Waals surface area contributed by atoms with Gasteiger partial charge in [0.1, 0.15) is 0 Å². The van der Waals surface area contributed by atoms with E-state index in [1.165, 1.54) is 0 Å². The van der Waals surface area contributed by atoms with Crippen LogP contribution in [0.5, 0.6) is 0 Å². The van der Waals surface area contributed by atoms with E-state index >= 15 is 0 Å². The normalized spacial score (nSPS) is 10.3. The van der Waals surface area contributed by atoms with E-state index in [0.29, 0.717) is 10.6 Å². The summed E-state index contributed by atoms with van der Waals surface area (Å²) in [6.45, 7) is 0. The van der Waals surface area contributed by atoms with Gasteiger partial charge in [-0.2, -0.15) is 0 Å². The molecule has 1 nitrogen and oxygen atoms in total. The van der Waals surface area contributed by atoms with Crippen LogP contribution in [0, 0.1) is 0 Å². The number of rotatable bonds is 2. The zero-order valence-electron chi connectivity index (χ0n) is 7.54. The van der Waals surface area contributed by atoms with E-state index in [1.54, 1.807) is 23.5 Å². The molecule has 1 aromatic heterocycles. The lowest BCUT2D eigenvalue weighted by molar-refractivity contribution is 0.112. The van der Waals surface area contributed by atoms with Crippen molar-refractivity contribution in [3.05, 3.63) is 44.7 Å². The van der Waals surface area contributed by atoms with Gasteiger partial charge in [-0.1, -0.05) is 11.6 Å². The molecule has 0 atom stereocenters. The SMILES string of the molecule is O=Cc1ccc(Cl)cc1-c1sccc1Br. The summed E-state index contributed by atoms with van der Waals surface area (Å²) in [5.74, 6) is 0. The Morgan fingerprint density at radius 1 is 1.33 bits per heavy atom. The number of halogens is 2. The molecule has 0 radical (unpaired) electrons. The van der Waals surface area contributed by atoms with Crippen LogP contribution in [0.2, 0.25) is 5.02 Å². The van der Waals surface area contributed by atoms with E-state index in [4.69, 9.17) is 11.6 Å². The number of hydrogen-bond donors (Lipinski definition) is 0. The van der Waals surface area contributed by atoms with E-state index in [2.05, 4.69) is 15.9 Å². The molecule has 0 saturated heterocycles. The third-order valence-corrected chi connectivity index (χ3v) is 4.11. The molecule has 0 N–H and O–H groups in total. The molecule has 0 aliphatic rings. The van der Waals surface area contributed by atoms with E-state index in [-0.39, 0.29) is 0 Å². The van der Waals surface area contributed by atoms with Crippen LogP contribution in [0.25, 0.3) is 10.4 Å². The molecule has 2 rings (SSSR count). The van der Waals surface area contributed by atoms with Crippen LogP contribution >= 0.6 is 38.9 Å². The topological polar surface area (TPSA) is 17.1 Å². The van der Waals surface area contributed by atoms with Crippen molar-refractivity contribution in [3.8, 4) is 10.4 Å². The minimum Gasteiger partial charge on any atom is -0.298 e. The highest BCUT2D eigenvalue weighted by Crippen LogP contribution is 2.36. The predicted octanol–water partition coefficient (Wildman–Crippen LogP) is 4.64. The van der Waals surface area contributed by atoms with Crippen LogP contribution in [0.1, 0.15) is 10.4 Å². The van der Waals surface area contributed by atoms with Gasteiger partial charge in [0.2, 0.25) is 0 Å². The summed E-state index contributed by atoms with van der Waals surface area (Å²) in [5, 5.41) is 2.60. The summed E-state index contributed by atoms with van der Waals surface area (Å²) >= 11 is 10.9. The molecular weight excluding hydrogens is 296 g/mol. The Kier molecular flexibility index (Phi) is 3.24. The lowest BCUT2D eigenvalue weighted by Crippen LogP contribution is -1.85. The molecule has 15 heavy (non-hydrogen) atoms. The maximum Gasteiger partial charge on any atom is 0.150 e. The monoisotopic (exact) mass is 300 g/mol. The van der Waals surface area contributed by atoms with Gasteiger partial charge in [-0.25, -0.2) is 0 Å². The Hall–Kier alpha value is -0.640. The summed E-state index contributed by atoms with van der Waals surface area (Å²) < 4.78 is 0.984. The quantitative estimate of drug-likeness (QED) is 0.738. The Morgan fingerprint density at radius 3 is 2.73 bits per heavy atom. The second-order valence-corrected chi connectivity index (χ2v) is 5.15. The van der Waals surface area contributed by atoms with Crippen LogP contribution in [0.3, 0.4) is 0 Å². The summed E-state index contributed by atoms with van der Waals surface area (Å²) in [6.07, 6.45) is 0.845. The van der Waals surface area contributed by atoms with E-state index < -0.39 is 0 Å². The van der Waals surface area contributed by atoms with E-state index in [0.717, 1.165) is 21.2 Å². The van der Waals surface area contributed by atoms with Crippen molar-refractivity contribution in [3.63, 3.8) is 0 Å². The average Bonchev–Trinajstić information content (AvgIpc) is 2.64. The molecule has 0 aliphatic carbocycles. The van der Waals surface area contributed by atoms with Crippen LogP contribution in [0.4, 0.5) is 0 Å². The van der Waals surface area contributed by atoms with Crippen molar-refractivity contribution >= 4 is 45.2 Å². The van der Waals surface area contributed by atoms with Crippen LogP contribution < -0.4 is 0 Å². The number of carbonyl (C=O) groups excluding carboxylic acids is 1. The zero-order chi connectivity index (χ0) is 10.8. The zero-order valence-corrected chi connectivity index (χ0v) is 10.7. The average molecular weight is 302 g/mol. The van der Waals surface area contributed by atoms with Gasteiger partial charge in [-0.05, 0) is 45.6 Å². The number of hydrogen-bond acceptors (Lipinski definition) is 2. The maximum absolute atomic E-state index is 10.9. The number of benzene rings is 1. The first kappa shape index (κ1) is 10.9. The molecule has 0 bridgehead atoms. The second-order valence-electron chi connectivity index (χ2n) is 2.95. The highest BCUT2D eigenvalue weighted by Gasteiger charge is 2.09. The van der Waals surface area contributed by atoms with Crippen molar-refractivity contribution in [1.82, 2.24) is 0 Å². The summed E-state index contributed by atoms with van der Waals surface area (Å²) in [4.78, 5) is 11.9. The predicted molar refractivity (Wildman–Crippen MR) is 67.9 cm³/mol. The lowest BCUT2D eigenvalue weighted by atomic mass is 10.1. The first-order chi connectivity index (χ1) is 7.22. The van der Waals surface area contributed by atoms with Crippen molar-refractivity contribution in [2.24, 2.45) is 0 Å². The van der Waals surface area contributed by atoms with Gasteiger partial charge in [0.25, 0.3) is 0 Å². The molecule has 0 fully saturated rings. The Labute approximate surface area is 105 Å². The Morgan fingerprint density at radius 2 is 2.13 bits per heavy atom. The van der Waals surface area contributed by atoms with Crippen LogP contribution in [0.15, 0.2) is 34.1 Å². The molecular formula is C11H6BrClOS. The summed E-state index contributed by atoms with van der Waals surface area (Å²) in [5.41, 5.74) is 1.53. The smallest absolute Gasteiger partial charge is 0.150 e. The van der Waals surface area contributed by atoms with Gasteiger partial charge in [-0.3, -0.25) is 4.79 Å². The first-order valence-corrected chi connectivity index (χ1v) is 6.25. The largest absolute Gasteiger partial charge is 0.298 e. The third kappa shape index (κ3) is 2.14. The maximum atomic E-state index is 10.9. The van der Waals surface area contributed by atoms with E-state index in [9.17, 15) is 4.79 Å². The highest BCUT2D eigenvalue weighted by molar-refractivity contribution is 9.10. The van der Waals surface area contributed by atoms with Crippen LogP contribution in [-0.4, -0.2) is 6.29 Å². The minimum atomic E-state index is 0.635. The van der Waals surface area contributed by atoms with Crippen molar-refractivity contribution in [2.75, 3.05) is 0 Å². The molecule has 0 aliphatic heterocycles. The van der Waals surface area contributed by atoms with Crippen molar-refractivity contribution in [1.29, 1.82) is 0 Å². The lowest BCUT2D eigenvalue weighted by Gasteiger charge is -2.03. The van der Waals surface area contributed by atoms with Gasteiger partial charge >= 0.3 is 0 Å². The van der Waals surface area contributed by atoms with Gasteiger partial charge in [-0.15, -0.1) is 11.3 Å². The molecule has 1 heterocycles. The minimum absolute atomic E-state index is 0.635. The standard InChI is InChI=1S/C11H6BrClOS/c12-10-3-4-15-11(10)9-5-8(13)2-1-7(9)6-14/h1-6H. The Balaban J connectivity index is 2.65. The molecule has 0 saturated carbocycles. The van der Waals surface area contributed by atoms with Crippen LogP contribution in [-0.2, 0) is 0 Å². The molecule has 2 aromatic rings. The Bertz CT molecular complexity index is 507. The van der Waals surface area contributed by atoms with Gasteiger partial charge < -0.3 is 0 Å². The molecule has 0 amide bonds. The highest BCUT2D eigenvalue weighted by atomic mass is 79.9. The summed E-state index contributed by atoms with van der Waals surface area (Å²) in [7, 11) is 0. The van der Waals surface area contributed by atoms with E-state index in [1.807, 2.05) is 17.5 Å². The molecule has 4 heteroatoms. The van der Waals surface area contributed by atoms with Gasteiger partial charge in [0.05, 0.1) is 0 Å². The van der Waals surface area contributed by atoms with Gasteiger partial charge in [0, 0.05) is 25.5 Å². The number of carbonyl (C=O) groups is 1. The number of thiophene rings is 1. The van der Waals surface area contributed by atoms with Crippen molar-refractivity contribution in [2.45, 2.75) is 0 Å². The third-order valence-electron chi connectivity index (χ3n) is 2.00. The van der Waals surface area contributed by atoms with Gasteiger partial charge in [0.15, 0.2) is 6.29 Å². The molecule has 0 spiro atoms. The molecule has 76 valence electrons. The number of aldehydes is 1. The van der Waals surface area contributed by atoms with Crippen molar-refractivity contribution < 1.29 is 4.79 Å². The summed E-state index contributed by atoms with van der Waals surface area (Å²) in [6, 6.07) is 7.21. The molecule has 1 aromatic carbocycles.